The Balaban J connectivity index is 1.94. The van der Waals surface area contributed by atoms with E-state index in [1.165, 1.54) is 19.3 Å². The second-order valence-electron chi connectivity index (χ2n) is 4.47. The second-order valence-corrected chi connectivity index (χ2v) is 4.47. The normalized spacial score (nSPS) is 17.9. The molecule has 2 rings (SSSR count). The van der Waals surface area contributed by atoms with E-state index in [1.54, 1.807) is 0 Å². The van der Waals surface area contributed by atoms with E-state index < -0.39 is 0 Å². The molecule has 1 aromatic heterocycles. The largest absolute Gasteiger partial charge is 0.293 e. The summed E-state index contributed by atoms with van der Waals surface area (Å²) in [6.07, 6.45) is 4.44. The molecule has 1 amide bonds. The van der Waals surface area contributed by atoms with E-state index in [0.29, 0.717) is 11.9 Å². The molecule has 1 saturated carbocycles. The lowest BCUT2D eigenvalue weighted by Gasteiger charge is -2.22. The van der Waals surface area contributed by atoms with Crippen molar-refractivity contribution in [1.82, 2.24) is 15.2 Å². The first-order valence-corrected chi connectivity index (χ1v) is 5.94. The Hall–Kier alpha value is -1.39. The van der Waals surface area contributed by atoms with Gasteiger partial charge in [0.1, 0.15) is 5.82 Å². The van der Waals surface area contributed by atoms with Gasteiger partial charge < -0.3 is 0 Å². The SMILES string of the molecule is CC[C@@H](C)C(=O)Nc1n[nH]c(C2CCC2)n1. The van der Waals surface area contributed by atoms with Crippen LogP contribution < -0.4 is 5.32 Å². The smallest absolute Gasteiger partial charge is 0.248 e. The van der Waals surface area contributed by atoms with E-state index in [2.05, 4.69) is 20.5 Å². The summed E-state index contributed by atoms with van der Waals surface area (Å²) in [6.45, 7) is 3.89. The van der Waals surface area contributed by atoms with Crippen LogP contribution in [0.1, 0.15) is 51.3 Å². The number of nitrogens with one attached hydrogen (secondary N) is 2. The maximum Gasteiger partial charge on any atom is 0.248 e. The molecule has 0 radical (unpaired) electrons. The Labute approximate surface area is 95.0 Å². The number of aromatic nitrogens is 3. The molecule has 88 valence electrons. The van der Waals surface area contributed by atoms with Crippen molar-refractivity contribution in [2.75, 3.05) is 5.32 Å². The van der Waals surface area contributed by atoms with Crippen LogP contribution in [0.3, 0.4) is 0 Å². The summed E-state index contributed by atoms with van der Waals surface area (Å²) in [7, 11) is 0. The van der Waals surface area contributed by atoms with Crippen LogP contribution >= 0.6 is 0 Å². The molecule has 0 spiro atoms. The summed E-state index contributed by atoms with van der Waals surface area (Å²) in [5.41, 5.74) is 0. The summed E-state index contributed by atoms with van der Waals surface area (Å²) in [4.78, 5) is 15.9. The topological polar surface area (TPSA) is 70.7 Å². The monoisotopic (exact) mass is 222 g/mol. The van der Waals surface area contributed by atoms with Gasteiger partial charge in [0, 0.05) is 11.8 Å². The summed E-state index contributed by atoms with van der Waals surface area (Å²) < 4.78 is 0. The number of amides is 1. The molecule has 1 aromatic rings. The lowest BCUT2D eigenvalue weighted by atomic mass is 9.85. The van der Waals surface area contributed by atoms with Gasteiger partial charge in [0.15, 0.2) is 0 Å². The average Bonchev–Trinajstić information content (AvgIpc) is 2.62. The Bertz CT molecular complexity index is 370. The number of nitrogens with zero attached hydrogens (tertiary/aromatic N) is 2. The van der Waals surface area contributed by atoms with Crippen LogP contribution in [0.25, 0.3) is 0 Å². The molecule has 2 N–H and O–H groups in total. The third-order valence-corrected chi connectivity index (χ3v) is 3.29. The first kappa shape index (κ1) is 11.1. The highest BCUT2D eigenvalue weighted by Gasteiger charge is 2.23. The Morgan fingerprint density at radius 1 is 1.62 bits per heavy atom. The Morgan fingerprint density at radius 3 is 2.94 bits per heavy atom. The highest BCUT2D eigenvalue weighted by Crippen LogP contribution is 2.34. The van der Waals surface area contributed by atoms with Gasteiger partial charge in [0.2, 0.25) is 11.9 Å². The molecule has 1 aliphatic rings. The van der Waals surface area contributed by atoms with Gasteiger partial charge in [0.05, 0.1) is 0 Å². The third-order valence-electron chi connectivity index (χ3n) is 3.29. The highest BCUT2D eigenvalue weighted by atomic mass is 16.2. The number of carbonyl (C=O) groups is 1. The molecule has 0 aromatic carbocycles. The third kappa shape index (κ3) is 2.23. The quantitative estimate of drug-likeness (QED) is 0.819. The predicted octanol–water partition coefficient (Wildman–Crippen LogP) is 2.06. The van der Waals surface area contributed by atoms with Crippen molar-refractivity contribution < 1.29 is 4.79 Å². The maximum atomic E-state index is 11.6. The molecule has 16 heavy (non-hydrogen) atoms. The fraction of sp³-hybridized carbons (Fsp3) is 0.727. The minimum Gasteiger partial charge on any atom is -0.293 e. The molecular formula is C11H18N4O. The van der Waals surface area contributed by atoms with Crippen LogP contribution in [0.4, 0.5) is 5.95 Å². The van der Waals surface area contributed by atoms with E-state index in [1.807, 2.05) is 13.8 Å². The zero-order valence-electron chi connectivity index (χ0n) is 9.79. The minimum absolute atomic E-state index is 0.00523. The number of carbonyl (C=O) groups excluding carboxylic acids is 1. The van der Waals surface area contributed by atoms with Gasteiger partial charge in [-0.05, 0) is 19.3 Å². The molecule has 1 fully saturated rings. The van der Waals surface area contributed by atoms with Crippen molar-refractivity contribution >= 4 is 11.9 Å². The van der Waals surface area contributed by atoms with Crippen LogP contribution in [0.2, 0.25) is 0 Å². The lowest BCUT2D eigenvalue weighted by Crippen LogP contribution is -2.20. The summed E-state index contributed by atoms with van der Waals surface area (Å²) in [5, 5.41) is 9.63. The van der Waals surface area contributed by atoms with Gasteiger partial charge in [0.25, 0.3) is 0 Å². The van der Waals surface area contributed by atoms with Crippen molar-refractivity contribution in [1.29, 1.82) is 0 Å². The fourth-order valence-corrected chi connectivity index (χ4v) is 1.61. The number of H-pyrrole nitrogens is 1. The molecule has 1 heterocycles. The fourth-order valence-electron chi connectivity index (χ4n) is 1.61. The second kappa shape index (κ2) is 4.63. The van der Waals surface area contributed by atoms with E-state index in [9.17, 15) is 4.79 Å². The number of hydrogen-bond acceptors (Lipinski definition) is 3. The molecule has 1 aliphatic carbocycles. The van der Waals surface area contributed by atoms with Gasteiger partial charge in [-0.3, -0.25) is 15.2 Å². The van der Waals surface area contributed by atoms with Crippen molar-refractivity contribution in [3.05, 3.63) is 5.82 Å². The van der Waals surface area contributed by atoms with E-state index >= 15 is 0 Å². The minimum atomic E-state index is -0.0124. The zero-order valence-corrected chi connectivity index (χ0v) is 9.79. The Kier molecular flexibility index (Phi) is 3.22. The van der Waals surface area contributed by atoms with Crippen LogP contribution in [0.5, 0.6) is 0 Å². The lowest BCUT2D eigenvalue weighted by molar-refractivity contribution is -0.119. The molecular weight excluding hydrogens is 204 g/mol. The van der Waals surface area contributed by atoms with E-state index in [-0.39, 0.29) is 11.8 Å². The van der Waals surface area contributed by atoms with Crippen LogP contribution in [0, 0.1) is 5.92 Å². The Morgan fingerprint density at radius 2 is 2.38 bits per heavy atom. The van der Waals surface area contributed by atoms with Crippen molar-refractivity contribution in [3.8, 4) is 0 Å². The summed E-state index contributed by atoms with van der Waals surface area (Å²) in [5.74, 6) is 1.83. The summed E-state index contributed by atoms with van der Waals surface area (Å²) >= 11 is 0. The molecule has 5 nitrogen and oxygen atoms in total. The van der Waals surface area contributed by atoms with Crippen molar-refractivity contribution in [2.24, 2.45) is 5.92 Å². The molecule has 0 unspecified atom stereocenters. The van der Waals surface area contributed by atoms with Crippen LogP contribution in [0.15, 0.2) is 0 Å². The zero-order chi connectivity index (χ0) is 11.5. The highest BCUT2D eigenvalue weighted by molar-refractivity contribution is 5.90. The van der Waals surface area contributed by atoms with Gasteiger partial charge >= 0.3 is 0 Å². The molecule has 0 bridgehead atoms. The first-order chi connectivity index (χ1) is 7.70. The van der Waals surface area contributed by atoms with Gasteiger partial charge in [-0.25, -0.2) is 0 Å². The molecule has 1 atom stereocenters. The van der Waals surface area contributed by atoms with Gasteiger partial charge in [-0.15, -0.1) is 5.10 Å². The van der Waals surface area contributed by atoms with Crippen LogP contribution in [-0.2, 0) is 4.79 Å². The maximum absolute atomic E-state index is 11.6. The molecule has 0 aliphatic heterocycles. The number of hydrogen-bond donors (Lipinski definition) is 2. The molecule has 5 heteroatoms. The van der Waals surface area contributed by atoms with Crippen molar-refractivity contribution in [2.45, 2.75) is 45.4 Å². The van der Waals surface area contributed by atoms with Crippen molar-refractivity contribution in [3.63, 3.8) is 0 Å². The molecule has 0 saturated heterocycles. The standard InChI is InChI=1S/C11H18N4O/c1-3-7(2)10(16)13-11-12-9(14-15-11)8-5-4-6-8/h7-8H,3-6H2,1-2H3,(H2,12,13,14,15,16)/t7-/m1/s1. The van der Waals surface area contributed by atoms with Gasteiger partial charge in [-0.1, -0.05) is 20.3 Å². The van der Waals surface area contributed by atoms with E-state index in [0.717, 1.165) is 12.2 Å². The van der Waals surface area contributed by atoms with Gasteiger partial charge in [-0.2, -0.15) is 4.98 Å². The van der Waals surface area contributed by atoms with Crippen LogP contribution in [-0.4, -0.2) is 21.1 Å². The predicted molar refractivity (Wildman–Crippen MR) is 61.1 cm³/mol. The number of anilines is 1. The summed E-state index contributed by atoms with van der Waals surface area (Å²) in [6, 6.07) is 0. The first-order valence-electron chi connectivity index (χ1n) is 5.94. The average molecular weight is 222 g/mol. The number of aromatic amines is 1. The number of rotatable bonds is 4. The van der Waals surface area contributed by atoms with E-state index in [4.69, 9.17) is 0 Å².